The van der Waals surface area contributed by atoms with Gasteiger partial charge in [-0.05, 0) is 76.9 Å². The van der Waals surface area contributed by atoms with Gasteiger partial charge in [0, 0.05) is 18.4 Å². The van der Waals surface area contributed by atoms with Crippen molar-refractivity contribution in [1.29, 1.82) is 0 Å². The van der Waals surface area contributed by atoms with Crippen LogP contribution in [0.15, 0.2) is 66.7 Å². The first-order valence-corrected chi connectivity index (χ1v) is 11.8. The fourth-order valence-electron chi connectivity index (χ4n) is 4.13. The fraction of sp³-hybridized carbons (Fsp3) is 0.345. The second kappa shape index (κ2) is 10.5. The van der Waals surface area contributed by atoms with E-state index in [1.807, 2.05) is 50.1 Å². The minimum Gasteiger partial charge on any atom is -0.481 e. The molecule has 0 aliphatic heterocycles. The van der Waals surface area contributed by atoms with E-state index in [4.69, 9.17) is 0 Å². The second-order valence-electron chi connectivity index (χ2n) is 9.71. The van der Waals surface area contributed by atoms with E-state index in [9.17, 15) is 23.1 Å². The molecule has 0 aromatic heterocycles. The van der Waals surface area contributed by atoms with Gasteiger partial charge in [-0.3, -0.25) is 4.79 Å². The lowest BCUT2D eigenvalue weighted by molar-refractivity contribution is -0.139. The van der Waals surface area contributed by atoms with Crippen LogP contribution in [-0.2, 0) is 11.0 Å². The van der Waals surface area contributed by atoms with E-state index in [1.165, 1.54) is 17.7 Å². The van der Waals surface area contributed by atoms with Gasteiger partial charge in [0.15, 0.2) is 0 Å². The van der Waals surface area contributed by atoms with Crippen LogP contribution in [0.4, 0.5) is 24.5 Å². The summed E-state index contributed by atoms with van der Waals surface area (Å²) in [4.78, 5) is 14.1. The molecular formula is C29H32F3NO2. The number of carboxylic acids is 1. The zero-order chi connectivity index (χ0) is 25.9. The Morgan fingerprint density at radius 2 is 1.43 bits per heavy atom. The summed E-state index contributed by atoms with van der Waals surface area (Å²) in [5.74, 6) is -1.08. The number of rotatable bonds is 8. The standard InChI is InChI=1S/C29H32F3NO2/c1-18(2)14-27(28(34)35)23-15-22(21-6-10-24(11-7-21)29(30,31)32)16-26(17-23)33(5)25-12-8-20(9-13-25)19(3)4/h6-13,15-19,27H,14H2,1-5H3,(H,34,35). The van der Waals surface area contributed by atoms with Crippen molar-refractivity contribution in [2.45, 2.75) is 52.1 Å². The Morgan fingerprint density at radius 3 is 1.91 bits per heavy atom. The molecule has 0 fully saturated rings. The summed E-state index contributed by atoms with van der Waals surface area (Å²) < 4.78 is 39.2. The Bertz CT molecular complexity index is 1150. The summed E-state index contributed by atoms with van der Waals surface area (Å²) in [6, 6.07) is 18.7. The maximum absolute atomic E-state index is 13.1. The minimum atomic E-state index is -4.42. The molecule has 0 saturated carbocycles. The summed E-state index contributed by atoms with van der Waals surface area (Å²) in [6.07, 6.45) is -3.96. The van der Waals surface area contributed by atoms with Gasteiger partial charge in [-0.1, -0.05) is 58.0 Å². The summed E-state index contributed by atoms with van der Waals surface area (Å²) in [5, 5.41) is 9.95. The van der Waals surface area contributed by atoms with Crippen molar-refractivity contribution >= 4 is 17.3 Å². The third-order valence-corrected chi connectivity index (χ3v) is 6.23. The average Bonchev–Trinajstić information content (AvgIpc) is 2.81. The smallest absolute Gasteiger partial charge is 0.416 e. The highest BCUT2D eigenvalue weighted by Gasteiger charge is 2.30. The summed E-state index contributed by atoms with van der Waals surface area (Å²) in [6.45, 7) is 8.19. The van der Waals surface area contributed by atoms with Crippen LogP contribution in [0.3, 0.4) is 0 Å². The number of carbonyl (C=O) groups is 1. The molecule has 3 rings (SSSR count). The topological polar surface area (TPSA) is 40.5 Å². The number of hydrogen-bond donors (Lipinski definition) is 1. The first-order chi connectivity index (χ1) is 16.4. The van der Waals surface area contributed by atoms with Crippen LogP contribution < -0.4 is 4.90 Å². The zero-order valence-electron chi connectivity index (χ0n) is 20.7. The molecule has 0 bridgehead atoms. The van der Waals surface area contributed by atoms with Gasteiger partial charge in [0.2, 0.25) is 0 Å². The first-order valence-electron chi connectivity index (χ1n) is 11.8. The molecule has 35 heavy (non-hydrogen) atoms. The molecule has 1 N–H and O–H groups in total. The molecule has 1 unspecified atom stereocenters. The average molecular weight is 484 g/mol. The van der Waals surface area contributed by atoms with Crippen molar-refractivity contribution in [3.05, 3.63) is 83.4 Å². The van der Waals surface area contributed by atoms with Crippen LogP contribution in [0, 0.1) is 5.92 Å². The largest absolute Gasteiger partial charge is 0.481 e. The quantitative estimate of drug-likeness (QED) is 0.349. The van der Waals surface area contributed by atoms with E-state index in [-0.39, 0.29) is 5.92 Å². The first kappa shape index (κ1) is 26.3. The molecule has 3 aromatic rings. The molecule has 1 atom stereocenters. The van der Waals surface area contributed by atoms with Crippen molar-refractivity contribution in [2.75, 3.05) is 11.9 Å². The second-order valence-corrected chi connectivity index (χ2v) is 9.71. The van der Waals surface area contributed by atoms with Crippen molar-refractivity contribution in [1.82, 2.24) is 0 Å². The monoisotopic (exact) mass is 483 g/mol. The number of hydrogen-bond acceptors (Lipinski definition) is 2. The molecule has 0 saturated heterocycles. The maximum Gasteiger partial charge on any atom is 0.416 e. The molecule has 0 aliphatic rings. The highest BCUT2D eigenvalue weighted by Crippen LogP contribution is 2.36. The number of alkyl halides is 3. The Kier molecular flexibility index (Phi) is 7.93. The summed E-state index contributed by atoms with van der Waals surface area (Å²) in [7, 11) is 1.90. The lowest BCUT2D eigenvalue weighted by Gasteiger charge is -2.24. The maximum atomic E-state index is 13.1. The van der Waals surface area contributed by atoms with Crippen LogP contribution in [0.5, 0.6) is 0 Å². The predicted octanol–water partition coefficient (Wildman–Crippen LogP) is 8.48. The Morgan fingerprint density at radius 1 is 0.829 bits per heavy atom. The Balaban J connectivity index is 2.11. The van der Waals surface area contributed by atoms with Crippen LogP contribution >= 0.6 is 0 Å². The van der Waals surface area contributed by atoms with Gasteiger partial charge < -0.3 is 10.0 Å². The van der Waals surface area contributed by atoms with Gasteiger partial charge in [0.05, 0.1) is 11.5 Å². The van der Waals surface area contributed by atoms with Crippen molar-refractivity contribution in [3.8, 4) is 11.1 Å². The molecule has 0 amide bonds. The van der Waals surface area contributed by atoms with E-state index in [0.29, 0.717) is 29.0 Å². The molecule has 186 valence electrons. The molecule has 6 heteroatoms. The van der Waals surface area contributed by atoms with Gasteiger partial charge in [0.1, 0.15) is 0 Å². The fourth-order valence-corrected chi connectivity index (χ4v) is 4.13. The van der Waals surface area contributed by atoms with Crippen LogP contribution in [0.1, 0.15) is 62.6 Å². The van der Waals surface area contributed by atoms with Gasteiger partial charge in [-0.2, -0.15) is 13.2 Å². The SMILES string of the molecule is CC(C)CC(C(=O)O)c1cc(-c2ccc(C(F)(F)F)cc2)cc(N(C)c2ccc(C(C)C)cc2)c1. The Hall–Kier alpha value is -3.28. The third kappa shape index (κ3) is 6.44. The number of anilines is 2. The van der Waals surface area contributed by atoms with E-state index in [2.05, 4.69) is 26.0 Å². The molecule has 0 heterocycles. The van der Waals surface area contributed by atoms with Gasteiger partial charge >= 0.3 is 12.1 Å². The van der Waals surface area contributed by atoms with Gasteiger partial charge in [0.25, 0.3) is 0 Å². The van der Waals surface area contributed by atoms with Gasteiger partial charge in [-0.15, -0.1) is 0 Å². The highest BCUT2D eigenvalue weighted by molar-refractivity contribution is 5.80. The molecule has 0 aliphatic carbocycles. The molecule has 0 spiro atoms. The number of carboxylic acid groups (broad SMARTS) is 1. The minimum absolute atomic E-state index is 0.163. The summed E-state index contributed by atoms with van der Waals surface area (Å²) >= 11 is 0. The predicted molar refractivity (Wildman–Crippen MR) is 135 cm³/mol. The van der Waals surface area contributed by atoms with Gasteiger partial charge in [-0.25, -0.2) is 0 Å². The van der Waals surface area contributed by atoms with Crippen LogP contribution in [0.2, 0.25) is 0 Å². The van der Waals surface area contributed by atoms with Crippen molar-refractivity contribution < 1.29 is 23.1 Å². The van der Waals surface area contributed by atoms with E-state index in [1.54, 1.807) is 6.07 Å². The van der Waals surface area contributed by atoms with E-state index >= 15 is 0 Å². The van der Waals surface area contributed by atoms with Crippen molar-refractivity contribution in [2.24, 2.45) is 5.92 Å². The van der Waals surface area contributed by atoms with E-state index in [0.717, 1.165) is 23.5 Å². The molecule has 3 nitrogen and oxygen atoms in total. The molecule has 0 radical (unpaired) electrons. The number of benzene rings is 3. The van der Waals surface area contributed by atoms with Crippen molar-refractivity contribution in [3.63, 3.8) is 0 Å². The van der Waals surface area contributed by atoms with Crippen LogP contribution in [-0.4, -0.2) is 18.1 Å². The lowest BCUT2D eigenvalue weighted by Crippen LogP contribution is -2.16. The normalized spacial score (nSPS) is 12.7. The number of nitrogens with zero attached hydrogens (tertiary/aromatic N) is 1. The highest BCUT2D eigenvalue weighted by atomic mass is 19.4. The Labute approximate surface area is 205 Å². The lowest BCUT2D eigenvalue weighted by atomic mass is 9.88. The summed E-state index contributed by atoms with van der Waals surface area (Å²) in [5.41, 5.74) is 4.09. The number of aliphatic carboxylic acids is 1. The number of halogens is 3. The molecular weight excluding hydrogens is 451 g/mol. The van der Waals surface area contributed by atoms with Crippen LogP contribution in [0.25, 0.3) is 11.1 Å². The van der Waals surface area contributed by atoms with E-state index < -0.39 is 23.6 Å². The zero-order valence-corrected chi connectivity index (χ0v) is 20.7. The third-order valence-electron chi connectivity index (χ3n) is 6.23. The molecule has 3 aromatic carbocycles.